The normalized spacial score (nSPS) is 20.3. The molecule has 4 nitrogen and oxygen atoms in total. The van der Waals surface area contributed by atoms with Gasteiger partial charge in [0.15, 0.2) is 0 Å². The van der Waals surface area contributed by atoms with E-state index >= 15 is 0 Å². The summed E-state index contributed by atoms with van der Waals surface area (Å²) in [5.74, 6) is 2.36. The first-order valence-electron chi connectivity index (χ1n) is 6.47. The Balaban J connectivity index is 2.27. The number of anilines is 1. The fourth-order valence-corrected chi connectivity index (χ4v) is 2.64. The van der Waals surface area contributed by atoms with Crippen LogP contribution in [-0.4, -0.2) is 23.2 Å². The number of halogens is 1. The summed E-state index contributed by atoms with van der Waals surface area (Å²) >= 11 is 2.24. The van der Waals surface area contributed by atoms with Crippen LogP contribution in [0, 0.1) is 9.49 Å². The number of nitrogens with zero attached hydrogens (tertiary/aromatic N) is 2. The van der Waals surface area contributed by atoms with E-state index in [1.807, 2.05) is 0 Å². The lowest BCUT2D eigenvalue weighted by Gasteiger charge is -2.22. The maximum Gasteiger partial charge on any atom is 0.140 e. The lowest BCUT2D eigenvalue weighted by atomic mass is 10.0. The SMILES string of the molecule is CC(C)Cc1nc(C2CCCOC2)nc(N)c1I. The molecule has 0 bridgehead atoms. The van der Waals surface area contributed by atoms with Crippen LogP contribution in [0.25, 0.3) is 0 Å². The molecule has 0 aromatic carbocycles. The van der Waals surface area contributed by atoms with Crippen molar-refractivity contribution in [3.63, 3.8) is 0 Å². The Morgan fingerprint density at radius 3 is 2.83 bits per heavy atom. The second-order valence-electron chi connectivity index (χ2n) is 5.24. The third-order valence-electron chi connectivity index (χ3n) is 3.09. The third kappa shape index (κ3) is 3.32. The maximum atomic E-state index is 6.00. The van der Waals surface area contributed by atoms with E-state index < -0.39 is 0 Å². The van der Waals surface area contributed by atoms with Crippen molar-refractivity contribution < 1.29 is 4.74 Å². The van der Waals surface area contributed by atoms with Crippen LogP contribution in [0.1, 0.15) is 44.1 Å². The van der Waals surface area contributed by atoms with Crippen molar-refractivity contribution >= 4 is 28.4 Å². The molecular weight excluding hydrogens is 341 g/mol. The lowest BCUT2D eigenvalue weighted by Crippen LogP contribution is -2.20. The van der Waals surface area contributed by atoms with Gasteiger partial charge < -0.3 is 10.5 Å². The molecule has 0 saturated carbocycles. The van der Waals surface area contributed by atoms with Gasteiger partial charge in [0.05, 0.1) is 15.9 Å². The predicted molar refractivity (Wildman–Crippen MR) is 80.5 cm³/mol. The minimum atomic E-state index is 0.309. The molecule has 1 aromatic heterocycles. The number of rotatable bonds is 3. The van der Waals surface area contributed by atoms with Gasteiger partial charge >= 0.3 is 0 Å². The molecule has 1 aromatic rings. The number of hydrogen-bond acceptors (Lipinski definition) is 4. The summed E-state index contributed by atoms with van der Waals surface area (Å²) in [7, 11) is 0. The van der Waals surface area contributed by atoms with E-state index in [9.17, 15) is 0 Å². The molecule has 2 heterocycles. The summed E-state index contributed by atoms with van der Waals surface area (Å²) in [5.41, 5.74) is 7.09. The van der Waals surface area contributed by atoms with E-state index in [1.54, 1.807) is 0 Å². The number of ether oxygens (including phenoxy) is 1. The Kier molecular flexibility index (Phi) is 4.77. The first kappa shape index (κ1) is 14.0. The van der Waals surface area contributed by atoms with E-state index in [2.05, 4.69) is 41.4 Å². The number of nitrogens with two attached hydrogens (primary N) is 1. The van der Waals surface area contributed by atoms with Crippen LogP contribution in [0.4, 0.5) is 5.82 Å². The van der Waals surface area contributed by atoms with Crippen LogP contribution < -0.4 is 5.73 Å². The van der Waals surface area contributed by atoms with Crippen LogP contribution in [0.3, 0.4) is 0 Å². The quantitative estimate of drug-likeness (QED) is 0.841. The second kappa shape index (κ2) is 6.14. The van der Waals surface area contributed by atoms with Crippen LogP contribution in [0.2, 0.25) is 0 Å². The molecule has 1 aliphatic rings. The fourth-order valence-electron chi connectivity index (χ4n) is 2.18. The first-order valence-corrected chi connectivity index (χ1v) is 7.55. The Bertz CT molecular complexity index is 417. The molecule has 0 radical (unpaired) electrons. The second-order valence-corrected chi connectivity index (χ2v) is 6.32. The average molecular weight is 361 g/mol. The van der Waals surface area contributed by atoms with Gasteiger partial charge in [-0.1, -0.05) is 13.8 Å². The third-order valence-corrected chi connectivity index (χ3v) is 4.27. The Morgan fingerprint density at radius 1 is 1.44 bits per heavy atom. The standard InChI is InChI=1S/C13H20IN3O/c1-8(2)6-10-11(14)12(15)17-13(16-10)9-4-3-5-18-7-9/h8-9H,3-7H2,1-2H3,(H2,15,16,17). The summed E-state index contributed by atoms with van der Waals surface area (Å²) in [6.45, 7) is 5.96. The molecule has 0 spiro atoms. The van der Waals surface area contributed by atoms with Crippen molar-refractivity contribution in [2.45, 2.75) is 39.0 Å². The summed E-state index contributed by atoms with van der Waals surface area (Å²) in [6, 6.07) is 0. The molecule has 0 aliphatic carbocycles. The minimum Gasteiger partial charge on any atom is -0.383 e. The smallest absolute Gasteiger partial charge is 0.140 e. The van der Waals surface area contributed by atoms with Gasteiger partial charge in [0, 0.05) is 12.5 Å². The number of aromatic nitrogens is 2. The van der Waals surface area contributed by atoms with Gasteiger partial charge in [-0.3, -0.25) is 0 Å². The average Bonchev–Trinajstić information content (AvgIpc) is 2.35. The molecule has 1 unspecified atom stereocenters. The van der Waals surface area contributed by atoms with Crippen molar-refractivity contribution in [3.05, 3.63) is 15.1 Å². The van der Waals surface area contributed by atoms with Gasteiger partial charge in [-0.25, -0.2) is 9.97 Å². The van der Waals surface area contributed by atoms with Crippen LogP contribution in [0.15, 0.2) is 0 Å². The highest BCUT2D eigenvalue weighted by atomic mass is 127. The van der Waals surface area contributed by atoms with Crippen LogP contribution >= 0.6 is 22.6 Å². The van der Waals surface area contributed by atoms with Crippen molar-refractivity contribution in [1.29, 1.82) is 0 Å². The molecule has 1 aliphatic heterocycles. The molecule has 1 saturated heterocycles. The topological polar surface area (TPSA) is 61.0 Å². The lowest BCUT2D eigenvalue weighted by molar-refractivity contribution is 0.0780. The molecule has 5 heteroatoms. The van der Waals surface area contributed by atoms with Crippen molar-refractivity contribution in [2.75, 3.05) is 18.9 Å². The zero-order chi connectivity index (χ0) is 13.1. The van der Waals surface area contributed by atoms with E-state index in [1.165, 1.54) is 0 Å². The zero-order valence-corrected chi connectivity index (χ0v) is 13.1. The van der Waals surface area contributed by atoms with Gasteiger partial charge in [0.25, 0.3) is 0 Å². The van der Waals surface area contributed by atoms with Gasteiger partial charge in [-0.2, -0.15) is 0 Å². The number of nitrogen functional groups attached to an aromatic ring is 1. The van der Waals surface area contributed by atoms with E-state index in [0.29, 0.717) is 17.7 Å². The Hall–Kier alpha value is -0.430. The monoisotopic (exact) mass is 361 g/mol. The number of hydrogen-bond donors (Lipinski definition) is 1. The largest absolute Gasteiger partial charge is 0.383 e. The fraction of sp³-hybridized carbons (Fsp3) is 0.692. The highest BCUT2D eigenvalue weighted by molar-refractivity contribution is 14.1. The van der Waals surface area contributed by atoms with Gasteiger partial charge in [0.1, 0.15) is 11.6 Å². The van der Waals surface area contributed by atoms with Gasteiger partial charge in [0.2, 0.25) is 0 Å². The van der Waals surface area contributed by atoms with Crippen molar-refractivity contribution in [2.24, 2.45) is 5.92 Å². The molecule has 2 N–H and O–H groups in total. The predicted octanol–water partition coefficient (Wildman–Crippen LogP) is 2.76. The molecule has 1 atom stereocenters. The summed E-state index contributed by atoms with van der Waals surface area (Å²) in [4.78, 5) is 9.16. The van der Waals surface area contributed by atoms with E-state index in [0.717, 1.165) is 47.6 Å². The van der Waals surface area contributed by atoms with Crippen molar-refractivity contribution in [3.8, 4) is 0 Å². The summed E-state index contributed by atoms with van der Waals surface area (Å²) in [6.07, 6.45) is 3.13. The molecular formula is C13H20IN3O. The minimum absolute atomic E-state index is 0.309. The van der Waals surface area contributed by atoms with Crippen molar-refractivity contribution in [1.82, 2.24) is 9.97 Å². The molecule has 2 rings (SSSR count). The van der Waals surface area contributed by atoms with E-state index in [4.69, 9.17) is 15.5 Å². The van der Waals surface area contributed by atoms with E-state index in [-0.39, 0.29) is 0 Å². The highest BCUT2D eigenvalue weighted by Gasteiger charge is 2.21. The summed E-state index contributed by atoms with van der Waals surface area (Å²) in [5, 5.41) is 0. The molecule has 0 amide bonds. The highest BCUT2D eigenvalue weighted by Crippen LogP contribution is 2.26. The van der Waals surface area contributed by atoms with Crippen LogP contribution in [0.5, 0.6) is 0 Å². The van der Waals surface area contributed by atoms with Gasteiger partial charge in [-0.05, 0) is 47.8 Å². The Morgan fingerprint density at radius 2 is 2.22 bits per heavy atom. The molecule has 100 valence electrons. The van der Waals surface area contributed by atoms with Crippen LogP contribution in [-0.2, 0) is 11.2 Å². The molecule has 18 heavy (non-hydrogen) atoms. The maximum absolute atomic E-state index is 6.00. The molecule has 1 fully saturated rings. The van der Waals surface area contributed by atoms with Gasteiger partial charge in [-0.15, -0.1) is 0 Å². The Labute approximate surface area is 122 Å². The first-order chi connectivity index (χ1) is 8.58. The zero-order valence-electron chi connectivity index (χ0n) is 10.9. The summed E-state index contributed by atoms with van der Waals surface area (Å²) < 4.78 is 6.51.